The summed E-state index contributed by atoms with van der Waals surface area (Å²) in [4.78, 5) is 17.0. The third-order valence-electron chi connectivity index (χ3n) is 9.07. The number of carbonyl (C=O) groups excluding carboxylic acids is 1. The van der Waals surface area contributed by atoms with Crippen LogP contribution in [0.3, 0.4) is 0 Å². The van der Waals surface area contributed by atoms with E-state index in [0.717, 1.165) is 17.0 Å². The molecule has 0 spiro atoms. The molecule has 278 valence electrons. The average Bonchev–Trinajstić information content (AvgIpc) is 3.02. The van der Waals surface area contributed by atoms with E-state index in [1.165, 1.54) is 0 Å². The van der Waals surface area contributed by atoms with Crippen molar-refractivity contribution in [1.82, 2.24) is 4.90 Å². The van der Waals surface area contributed by atoms with Crippen LogP contribution in [0.25, 0.3) is 0 Å². The van der Waals surface area contributed by atoms with Crippen LogP contribution in [-0.4, -0.2) is 77.0 Å². The molecule has 50 heavy (non-hydrogen) atoms. The maximum absolute atomic E-state index is 13.1. The maximum Gasteiger partial charge on any atom is 0.410 e. The van der Waals surface area contributed by atoms with Gasteiger partial charge in [-0.1, -0.05) is 45.9 Å². The summed E-state index contributed by atoms with van der Waals surface area (Å²) in [5, 5.41) is 9.89. The van der Waals surface area contributed by atoms with Gasteiger partial charge in [-0.3, -0.25) is 0 Å². The van der Waals surface area contributed by atoms with Crippen LogP contribution in [0.15, 0.2) is 55.1 Å². The molecule has 0 unspecified atom stereocenters. The first-order chi connectivity index (χ1) is 23.2. The van der Waals surface area contributed by atoms with Crippen molar-refractivity contribution in [3.63, 3.8) is 0 Å². The smallest absolute Gasteiger partial charge is 0.410 e. The summed E-state index contributed by atoms with van der Waals surface area (Å²) >= 11 is 0. The summed E-state index contributed by atoms with van der Waals surface area (Å²) in [7, 11) is 1.15. The fourth-order valence-corrected chi connectivity index (χ4v) is 6.50. The van der Waals surface area contributed by atoms with Crippen molar-refractivity contribution in [3.8, 4) is 17.6 Å². The third-order valence-corrected chi connectivity index (χ3v) is 13.6. The van der Waals surface area contributed by atoms with Crippen molar-refractivity contribution in [1.29, 1.82) is 5.26 Å². The zero-order valence-corrected chi connectivity index (χ0v) is 34.0. The molecule has 0 aliphatic heterocycles. The summed E-state index contributed by atoms with van der Waals surface area (Å²) < 4.78 is 30.8. The molecule has 0 N–H and O–H groups in total. The van der Waals surface area contributed by atoms with E-state index in [4.69, 9.17) is 23.4 Å². The van der Waals surface area contributed by atoms with Gasteiger partial charge in [0.1, 0.15) is 17.1 Å². The Labute approximate surface area is 303 Å². The van der Waals surface area contributed by atoms with E-state index in [1.807, 2.05) is 70.2 Å². The van der Waals surface area contributed by atoms with E-state index >= 15 is 0 Å². The standard InChI is InChI=1S/C40H63N3O6Si/c1-15-16-31(4)47-36-22-19-33(24-41)23-35(36)43(30(3)27-46-28-32-17-20-34(45-12)21-18-32)25-29(2)37(49-50(13,14)40(8,9)10)26-42(11)38(44)48-39(5,6)7/h15,17-23,29-31,37H,1,16,25-28H2,2-14H3/t29-,30+,31+,37+/m1/s1. The lowest BCUT2D eigenvalue weighted by molar-refractivity contribution is 0.0167. The maximum atomic E-state index is 13.1. The first-order valence-corrected chi connectivity index (χ1v) is 20.5. The van der Waals surface area contributed by atoms with Crippen LogP contribution in [0.5, 0.6) is 11.5 Å². The first kappa shape index (κ1) is 42.6. The van der Waals surface area contributed by atoms with Crippen molar-refractivity contribution in [3.05, 3.63) is 66.2 Å². The van der Waals surface area contributed by atoms with Crippen LogP contribution in [-0.2, 0) is 20.5 Å². The van der Waals surface area contributed by atoms with Gasteiger partial charge in [0.05, 0.1) is 49.9 Å². The van der Waals surface area contributed by atoms with E-state index in [2.05, 4.69) is 65.3 Å². The number of rotatable bonds is 18. The van der Waals surface area contributed by atoms with Gasteiger partial charge in [0.15, 0.2) is 8.32 Å². The molecule has 0 heterocycles. The average molecular weight is 710 g/mol. The number of amides is 1. The highest BCUT2D eigenvalue weighted by molar-refractivity contribution is 6.74. The molecule has 2 rings (SSSR count). The van der Waals surface area contributed by atoms with Gasteiger partial charge >= 0.3 is 6.09 Å². The summed E-state index contributed by atoms with van der Waals surface area (Å²) in [6.45, 7) is 28.6. The molecule has 0 aliphatic carbocycles. The molecule has 0 saturated carbocycles. The molecule has 0 saturated heterocycles. The van der Waals surface area contributed by atoms with Gasteiger partial charge in [-0.25, -0.2) is 4.79 Å². The second-order valence-electron chi connectivity index (χ2n) is 15.9. The number of hydrogen-bond acceptors (Lipinski definition) is 8. The highest BCUT2D eigenvalue weighted by Crippen LogP contribution is 2.39. The lowest BCUT2D eigenvalue weighted by Crippen LogP contribution is -2.52. The van der Waals surface area contributed by atoms with Crippen LogP contribution in [0.1, 0.15) is 79.9 Å². The Morgan fingerprint density at radius 2 is 1.66 bits per heavy atom. The number of benzene rings is 2. The number of likely N-dealkylation sites (N-methyl/N-ethyl adjacent to an activating group) is 1. The number of nitriles is 1. The molecule has 0 bridgehead atoms. The molecule has 2 aromatic rings. The Bertz CT molecular complexity index is 1410. The van der Waals surface area contributed by atoms with Gasteiger partial charge in [-0.2, -0.15) is 5.26 Å². The number of carbonyl (C=O) groups is 1. The first-order valence-electron chi connectivity index (χ1n) is 17.6. The number of ether oxygens (including phenoxy) is 4. The lowest BCUT2D eigenvalue weighted by Gasteiger charge is -2.43. The van der Waals surface area contributed by atoms with Gasteiger partial charge in [-0.05, 0) is 88.6 Å². The van der Waals surface area contributed by atoms with Crippen LogP contribution in [0.2, 0.25) is 18.1 Å². The minimum atomic E-state index is -2.27. The van der Waals surface area contributed by atoms with Crippen molar-refractivity contribution in [2.45, 2.75) is 117 Å². The molecule has 9 nitrogen and oxygen atoms in total. The fraction of sp³-hybridized carbons (Fsp3) is 0.600. The molecular weight excluding hydrogens is 647 g/mol. The molecule has 1 amide bonds. The molecule has 0 fully saturated rings. The van der Waals surface area contributed by atoms with E-state index in [9.17, 15) is 10.1 Å². The van der Waals surface area contributed by atoms with Gasteiger partial charge in [0.25, 0.3) is 0 Å². The number of anilines is 1. The van der Waals surface area contributed by atoms with Gasteiger partial charge in [-0.15, -0.1) is 6.58 Å². The number of nitrogens with zero attached hydrogens (tertiary/aromatic N) is 3. The molecule has 2 aromatic carbocycles. The number of methoxy groups -OCH3 is 1. The highest BCUT2D eigenvalue weighted by atomic mass is 28.4. The van der Waals surface area contributed by atoms with E-state index in [-0.39, 0.29) is 35.3 Å². The van der Waals surface area contributed by atoms with Crippen LogP contribution < -0.4 is 14.4 Å². The second-order valence-corrected chi connectivity index (χ2v) is 20.6. The van der Waals surface area contributed by atoms with Crippen molar-refractivity contribution in [2.75, 3.05) is 38.8 Å². The van der Waals surface area contributed by atoms with Gasteiger partial charge in [0, 0.05) is 38.5 Å². The Morgan fingerprint density at radius 3 is 2.20 bits per heavy atom. The fourth-order valence-electron chi connectivity index (χ4n) is 5.09. The van der Waals surface area contributed by atoms with Gasteiger partial charge < -0.3 is 33.2 Å². The summed E-state index contributed by atoms with van der Waals surface area (Å²) in [5.41, 5.74) is 1.76. The minimum Gasteiger partial charge on any atom is -0.497 e. The topological polar surface area (TPSA) is 93.5 Å². The van der Waals surface area contributed by atoms with Crippen molar-refractivity contribution >= 4 is 20.1 Å². The van der Waals surface area contributed by atoms with Crippen molar-refractivity contribution in [2.24, 2.45) is 5.92 Å². The Morgan fingerprint density at radius 1 is 1.02 bits per heavy atom. The molecule has 4 atom stereocenters. The normalized spacial score (nSPS) is 14.5. The molecule has 0 aromatic heterocycles. The Balaban J connectivity index is 2.54. The Hall–Kier alpha value is -3.52. The summed E-state index contributed by atoms with van der Waals surface area (Å²) in [6.07, 6.45) is 1.71. The minimum absolute atomic E-state index is 0.0405. The van der Waals surface area contributed by atoms with E-state index < -0.39 is 13.9 Å². The van der Waals surface area contributed by atoms with E-state index in [1.54, 1.807) is 25.1 Å². The SMILES string of the molecule is C=CC[C@H](C)Oc1ccc(C#N)cc1N(C[C@@H](C)[C@H](CN(C)C(=O)OC(C)(C)C)O[Si](C)(C)C(C)(C)C)[C@@H](C)COCc1ccc(OC)cc1. The van der Waals surface area contributed by atoms with Crippen LogP contribution in [0, 0.1) is 17.2 Å². The van der Waals surface area contributed by atoms with Crippen LogP contribution >= 0.6 is 0 Å². The molecule has 10 heteroatoms. The van der Waals surface area contributed by atoms with Crippen molar-refractivity contribution < 1.29 is 28.2 Å². The van der Waals surface area contributed by atoms with Crippen LogP contribution in [0.4, 0.5) is 10.5 Å². The number of hydrogen-bond donors (Lipinski definition) is 0. The largest absolute Gasteiger partial charge is 0.497 e. The zero-order chi connectivity index (χ0) is 37.9. The quantitative estimate of drug-likeness (QED) is 0.112. The second kappa shape index (κ2) is 18.6. The summed E-state index contributed by atoms with van der Waals surface area (Å²) in [6, 6.07) is 15.6. The third kappa shape index (κ3) is 13.3. The summed E-state index contributed by atoms with van der Waals surface area (Å²) in [5.74, 6) is 1.42. The molecule has 0 radical (unpaired) electrons. The molecule has 0 aliphatic rings. The van der Waals surface area contributed by atoms with E-state index in [0.29, 0.717) is 44.0 Å². The monoisotopic (exact) mass is 709 g/mol. The predicted molar refractivity (Wildman–Crippen MR) is 206 cm³/mol. The predicted octanol–water partition coefficient (Wildman–Crippen LogP) is 9.22. The molecular formula is C40H63N3O6Si. The Kier molecular flexibility index (Phi) is 15.9. The lowest BCUT2D eigenvalue weighted by atomic mass is 10.0. The zero-order valence-electron chi connectivity index (χ0n) is 33.0. The highest BCUT2D eigenvalue weighted by Gasteiger charge is 2.41. The van der Waals surface area contributed by atoms with Gasteiger partial charge in [0.2, 0.25) is 0 Å².